The Kier molecular flexibility index (Phi) is 5.33. The number of aryl methyl sites for hydroxylation is 1. The van der Waals surface area contributed by atoms with Gasteiger partial charge in [-0.05, 0) is 75.3 Å². The molecule has 0 atom stereocenters. The molecule has 4 saturated carbocycles. The van der Waals surface area contributed by atoms with Gasteiger partial charge in [-0.2, -0.15) is 23.1 Å². The fourth-order valence-corrected chi connectivity index (χ4v) is 8.31. The molecular formula is C24H30F3N5OS. The molecule has 3 heterocycles. The predicted octanol–water partition coefficient (Wildman–Crippen LogP) is 4.17. The summed E-state index contributed by atoms with van der Waals surface area (Å²) in [5, 5.41) is 0. The van der Waals surface area contributed by atoms with Crippen LogP contribution < -0.4 is 10.6 Å². The van der Waals surface area contributed by atoms with Crippen LogP contribution in [0.1, 0.15) is 54.1 Å². The minimum atomic E-state index is -4.37. The zero-order valence-corrected chi connectivity index (χ0v) is 20.2. The Hall–Kier alpha value is -1.94. The van der Waals surface area contributed by atoms with Crippen LogP contribution in [0.15, 0.2) is 16.9 Å². The van der Waals surface area contributed by atoms with Crippen LogP contribution in [-0.2, 0) is 12.7 Å². The lowest BCUT2D eigenvalue weighted by molar-refractivity contribution is -0.134. The van der Waals surface area contributed by atoms with Crippen LogP contribution in [0.5, 0.6) is 0 Å². The van der Waals surface area contributed by atoms with Crippen molar-refractivity contribution in [1.82, 2.24) is 19.4 Å². The van der Waals surface area contributed by atoms with Crippen molar-refractivity contribution in [2.24, 2.45) is 17.8 Å². The van der Waals surface area contributed by atoms with Crippen molar-refractivity contribution >= 4 is 17.3 Å². The fraction of sp³-hybridized carbons (Fsp3) is 0.708. The standard InChI is InChI=1S/C24H30F3N5OS/c1-15-28-21(29-22(33)32(15)14-19-2-3-20(34-19)24(25,26)27)30-4-6-31(7-5-30)23-11-16-8-17(12-23)10-18(9-16)13-23/h2-3,16-18H,4-14H2,1H3. The van der Waals surface area contributed by atoms with Crippen LogP contribution in [0, 0.1) is 24.7 Å². The second-order valence-corrected chi connectivity index (χ2v) is 12.0. The number of aromatic nitrogens is 3. The molecule has 7 rings (SSSR count). The number of hydrogen-bond acceptors (Lipinski definition) is 6. The van der Waals surface area contributed by atoms with Crippen molar-refractivity contribution in [3.63, 3.8) is 0 Å². The normalized spacial score (nSPS) is 31.4. The first-order chi connectivity index (χ1) is 16.2. The summed E-state index contributed by atoms with van der Waals surface area (Å²) in [6.07, 6.45) is 3.99. The maximum atomic E-state index is 12.9. The van der Waals surface area contributed by atoms with Crippen LogP contribution in [0.3, 0.4) is 0 Å². The Morgan fingerprint density at radius 3 is 2.15 bits per heavy atom. The Labute approximate surface area is 200 Å². The maximum Gasteiger partial charge on any atom is 0.425 e. The second kappa shape index (κ2) is 8.05. The van der Waals surface area contributed by atoms with Gasteiger partial charge in [0.25, 0.3) is 0 Å². The molecule has 5 fully saturated rings. The van der Waals surface area contributed by atoms with Gasteiger partial charge in [-0.15, -0.1) is 11.3 Å². The van der Waals surface area contributed by atoms with Crippen LogP contribution >= 0.6 is 11.3 Å². The zero-order chi connectivity index (χ0) is 23.7. The van der Waals surface area contributed by atoms with Crippen molar-refractivity contribution < 1.29 is 13.2 Å². The molecule has 0 unspecified atom stereocenters. The number of nitrogens with zero attached hydrogens (tertiary/aromatic N) is 5. The molecule has 0 spiro atoms. The molecule has 0 amide bonds. The van der Waals surface area contributed by atoms with Gasteiger partial charge in [0.2, 0.25) is 5.95 Å². The van der Waals surface area contributed by atoms with Gasteiger partial charge in [-0.1, -0.05) is 0 Å². The predicted molar refractivity (Wildman–Crippen MR) is 124 cm³/mol. The molecule has 0 N–H and O–H groups in total. The number of anilines is 1. The summed E-state index contributed by atoms with van der Waals surface area (Å²) in [6, 6.07) is 2.47. The van der Waals surface area contributed by atoms with Gasteiger partial charge in [0.05, 0.1) is 6.54 Å². The SMILES string of the molecule is Cc1nc(N2CCN(C34CC5CC(CC(C5)C3)C4)CC2)nc(=O)n1Cc1ccc(C(F)(F)F)s1. The van der Waals surface area contributed by atoms with E-state index in [4.69, 9.17) is 0 Å². The average Bonchev–Trinajstić information content (AvgIpc) is 3.25. The Bertz CT molecular complexity index is 1100. The molecule has 184 valence electrons. The average molecular weight is 494 g/mol. The molecule has 4 aliphatic carbocycles. The smallest absolute Gasteiger partial charge is 0.338 e. The summed E-state index contributed by atoms with van der Waals surface area (Å²) in [6.45, 7) is 5.29. The van der Waals surface area contributed by atoms with Gasteiger partial charge in [0, 0.05) is 36.6 Å². The lowest BCUT2D eigenvalue weighted by atomic mass is 9.52. The van der Waals surface area contributed by atoms with E-state index in [9.17, 15) is 18.0 Å². The first-order valence-corrected chi connectivity index (χ1v) is 13.1. The maximum absolute atomic E-state index is 12.9. The van der Waals surface area contributed by atoms with Crippen LogP contribution in [0.25, 0.3) is 0 Å². The van der Waals surface area contributed by atoms with Gasteiger partial charge in [0.1, 0.15) is 10.7 Å². The van der Waals surface area contributed by atoms with E-state index in [2.05, 4.69) is 19.8 Å². The van der Waals surface area contributed by atoms with E-state index in [1.807, 2.05) is 0 Å². The molecule has 5 aliphatic rings. The van der Waals surface area contributed by atoms with Crippen molar-refractivity contribution in [1.29, 1.82) is 0 Å². The number of hydrogen-bond donors (Lipinski definition) is 0. The van der Waals surface area contributed by atoms with E-state index in [1.54, 1.807) is 6.92 Å². The van der Waals surface area contributed by atoms with Gasteiger partial charge in [-0.25, -0.2) is 4.79 Å². The quantitative estimate of drug-likeness (QED) is 0.640. The topological polar surface area (TPSA) is 54.3 Å². The zero-order valence-electron chi connectivity index (χ0n) is 19.4. The molecule has 10 heteroatoms. The number of thiophene rings is 1. The van der Waals surface area contributed by atoms with Gasteiger partial charge >= 0.3 is 11.9 Å². The van der Waals surface area contributed by atoms with E-state index >= 15 is 0 Å². The summed E-state index contributed by atoms with van der Waals surface area (Å²) in [5.41, 5.74) is -0.0789. The molecule has 0 radical (unpaired) electrons. The number of alkyl halides is 3. The number of rotatable bonds is 4. The Balaban J connectivity index is 1.14. The second-order valence-electron chi connectivity index (χ2n) is 10.8. The lowest BCUT2D eigenvalue weighted by Gasteiger charge is -2.61. The molecule has 0 aromatic carbocycles. The van der Waals surface area contributed by atoms with Crippen molar-refractivity contribution in [3.8, 4) is 0 Å². The largest absolute Gasteiger partial charge is 0.425 e. The monoisotopic (exact) mass is 493 g/mol. The molecule has 1 aliphatic heterocycles. The fourth-order valence-electron chi connectivity index (χ4n) is 7.44. The number of piperazine rings is 1. The molecule has 6 nitrogen and oxygen atoms in total. The Morgan fingerprint density at radius 1 is 1.00 bits per heavy atom. The van der Waals surface area contributed by atoms with Gasteiger partial charge in [-0.3, -0.25) is 9.47 Å². The summed E-state index contributed by atoms with van der Waals surface area (Å²) in [5.74, 6) is 3.65. The minimum Gasteiger partial charge on any atom is -0.338 e. The molecule has 1 saturated heterocycles. The van der Waals surface area contributed by atoms with E-state index in [0.717, 1.165) is 50.0 Å². The van der Waals surface area contributed by atoms with Crippen LogP contribution in [-0.4, -0.2) is 51.2 Å². The Morgan fingerprint density at radius 2 is 1.62 bits per heavy atom. The van der Waals surface area contributed by atoms with E-state index in [0.29, 0.717) is 33.5 Å². The molecule has 34 heavy (non-hydrogen) atoms. The summed E-state index contributed by atoms with van der Waals surface area (Å²) >= 11 is 0.652. The molecule has 2 aromatic heterocycles. The highest BCUT2D eigenvalue weighted by Gasteiger charge is 2.53. The highest BCUT2D eigenvalue weighted by Crippen LogP contribution is 2.57. The summed E-state index contributed by atoms with van der Waals surface area (Å²) in [4.78, 5) is 26.1. The first-order valence-electron chi connectivity index (χ1n) is 12.3. The van der Waals surface area contributed by atoms with Crippen LogP contribution in [0.4, 0.5) is 19.1 Å². The third-order valence-corrected chi connectivity index (χ3v) is 9.69. The highest BCUT2D eigenvalue weighted by molar-refractivity contribution is 7.12. The van der Waals surface area contributed by atoms with E-state index < -0.39 is 16.7 Å². The molecular weight excluding hydrogens is 463 g/mol. The summed E-state index contributed by atoms with van der Waals surface area (Å²) in [7, 11) is 0. The third-order valence-electron chi connectivity index (χ3n) is 8.57. The van der Waals surface area contributed by atoms with E-state index in [-0.39, 0.29) is 6.54 Å². The number of halogens is 3. The molecule has 4 bridgehead atoms. The van der Waals surface area contributed by atoms with E-state index in [1.165, 1.54) is 49.2 Å². The van der Waals surface area contributed by atoms with Gasteiger partial charge in [0.15, 0.2) is 0 Å². The van der Waals surface area contributed by atoms with Gasteiger partial charge < -0.3 is 4.90 Å². The minimum absolute atomic E-state index is 0.0471. The lowest BCUT2D eigenvalue weighted by Crippen LogP contribution is -2.64. The summed E-state index contributed by atoms with van der Waals surface area (Å²) < 4.78 is 40.1. The van der Waals surface area contributed by atoms with Crippen LogP contribution in [0.2, 0.25) is 0 Å². The third kappa shape index (κ3) is 3.96. The van der Waals surface area contributed by atoms with Crippen molar-refractivity contribution in [3.05, 3.63) is 38.2 Å². The first kappa shape index (κ1) is 22.5. The molecule has 2 aromatic rings. The van der Waals surface area contributed by atoms with Crippen molar-refractivity contribution in [2.45, 2.75) is 63.7 Å². The van der Waals surface area contributed by atoms with Crippen molar-refractivity contribution in [2.75, 3.05) is 31.1 Å². The highest BCUT2D eigenvalue weighted by atomic mass is 32.1.